The van der Waals surface area contributed by atoms with Crippen LogP contribution in [0.5, 0.6) is 0 Å². The van der Waals surface area contributed by atoms with Gasteiger partial charge in [0.05, 0.1) is 0 Å². The standard InChI is InChI=1S/C22H24N4O2S/c27-29(28,26-14-2-1-3-15-26)21-7-5-13-24-22(21)25-16-18-8-10-19(11-9-18)20-6-4-12-23-17-20/h4-13,17H,1-3,14-16H2,(H,24,25). The van der Waals surface area contributed by atoms with E-state index in [9.17, 15) is 8.42 Å². The lowest BCUT2D eigenvalue weighted by molar-refractivity contribution is 0.346. The molecule has 6 nitrogen and oxygen atoms in total. The minimum absolute atomic E-state index is 0.244. The summed E-state index contributed by atoms with van der Waals surface area (Å²) in [7, 11) is -3.54. The molecule has 0 radical (unpaired) electrons. The average molecular weight is 409 g/mol. The minimum Gasteiger partial charge on any atom is -0.365 e. The molecule has 7 heteroatoms. The van der Waals surface area contributed by atoms with E-state index in [-0.39, 0.29) is 4.90 Å². The van der Waals surface area contributed by atoms with Gasteiger partial charge in [-0.2, -0.15) is 4.31 Å². The number of benzene rings is 1. The molecular formula is C22H24N4O2S. The van der Waals surface area contributed by atoms with Crippen LogP contribution in [0.15, 0.2) is 72.0 Å². The zero-order valence-corrected chi connectivity index (χ0v) is 17.0. The summed E-state index contributed by atoms with van der Waals surface area (Å²) in [5, 5.41) is 3.20. The maximum Gasteiger partial charge on any atom is 0.246 e. The summed E-state index contributed by atoms with van der Waals surface area (Å²) in [6.07, 6.45) is 8.10. The summed E-state index contributed by atoms with van der Waals surface area (Å²) in [5.41, 5.74) is 3.20. The van der Waals surface area contributed by atoms with E-state index in [0.717, 1.165) is 36.0 Å². The molecule has 0 saturated carbocycles. The van der Waals surface area contributed by atoms with E-state index >= 15 is 0 Å². The number of piperidine rings is 1. The van der Waals surface area contributed by atoms with Gasteiger partial charge in [0.1, 0.15) is 10.7 Å². The quantitative estimate of drug-likeness (QED) is 0.669. The fourth-order valence-electron chi connectivity index (χ4n) is 3.51. The molecule has 0 amide bonds. The lowest BCUT2D eigenvalue weighted by atomic mass is 10.1. The van der Waals surface area contributed by atoms with Crippen molar-refractivity contribution in [2.24, 2.45) is 0 Å². The first kappa shape index (κ1) is 19.5. The Hall–Kier alpha value is -2.77. The van der Waals surface area contributed by atoms with Crippen LogP contribution in [0, 0.1) is 0 Å². The molecule has 1 aromatic carbocycles. The third-order valence-corrected chi connectivity index (χ3v) is 7.04. The van der Waals surface area contributed by atoms with Crippen LogP contribution >= 0.6 is 0 Å². The average Bonchev–Trinajstić information content (AvgIpc) is 2.79. The van der Waals surface area contributed by atoms with Crippen LogP contribution in [-0.4, -0.2) is 35.8 Å². The van der Waals surface area contributed by atoms with E-state index in [4.69, 9.17) is 0 Å². The molecule has 1 aliphatic rings. The zero-order valence-electron chi connectivity index (χ0n) is 16.2. The molecular weight excluding hydrogens is 384 g/mol. The van der Waals surface area contributed by atoms with E-state index in [1.165, 1.54) is 0 Å². The summed E-state index contributed by atoms with van der Waals surface area (Å²) >= 11 is 0. The van der Waals surface area contributed by atoms with E-state index in [1.54, 1.807) is 28.8 Å². The molecule has 0 spiro atoms. The van der Waals surface area contributed by atoms with Gasteiger partial charge in [-0.15, -0.1) is 0 Å². The fourth-order valence-corrected chi connectivity index (χ4v) is 5.15. The van der Waals surface area contributed by atoms with Crippen molar-refractivity contribution >= 4 is 15.8 Å². The van der Waals surface area contributed by atoms with E-state index in [0.29, 0.717) is 25.5 Å². The molecule has 3 aromatic rings. The second kappa shape index (κ2) is 8.71. The molecule has 0 bridgehead atoms. The maximum absolute atomic E-state index is 13.1. The van der Waals surface area contributed by atoms with Gasteiger partial charge in [-0.25, -0.2) is 13.4 Å². The molecule has 3 heterocycles. The van der Waals surface area contributed by atoms with Crippen molar-refractivity contribution in [3.05, 3.63) is 72.7 Å². The Morgan fingerprint density at radius 1 is 0.897 bits per heavy atom. The molecule has 0 unspecified atom stereocenters. The molecule has 150 valence electrons. The van der Waals surface area contributed by atoms with Crippen LogP contribution in [0.3, 0.4) is 0 Å². The summed E-state index contributed by atoms with van der Waals surface area (Å²) in [6, 6.07) is 15.4. The third kappa shape index (κ3) is 4.46. The molecule has 1 saturated heterocycles. The highest BCUT2D eigenvalue weighted by Gasteiger charge is 2.28. The van der Waals surface area contributed by atoms with Crippen molar-refractivity contribution in [3.63, 3.8) is 0 Å². The monoisotopic (exact) mass is 408 g/mol. The SMILES string of the molecule is O=S(=O)(c1cccnc1NCc1ccc(-c2cccnc2)cc1)N1CCCCC1. The first-order valence-corrected chi connectivity index (χ1v) is 11.3. The number of aromatic nitrogens is 2. The van der Waals surface area contributed by atoms with Crippen LogP contribution in [-0.2, 0) is 16.6 Å². The summed E-state index contributed by atoms with van der Waals surface area (Å²) < 4.78 is 27.7. The Morgan fingerprint density at radius 2 is 1.66 bits per heavy atom. The molecule has 1 N–H and O–H groups in total. The van der Waals surface area contributed by atoms with Crippen molar-refractivity contribution in [2.75, 3.05) is 18.4 Å². The predicted octanol–water partition coefficient (Wildman–Crippen LogP) is 3.93. The van der Waals surface area contributed by atoms with Crippen molar-refractivity contribution in [1.82, 2.24) is 14.3 Å². The van der Waals surface area contributed by atoms with Crippen LogP contribution in [0.2, 0.25) is 0 Å². The maximum atomic E-state index is 13.1. The Labute approximate surface area is 171 Å². The summed E-state index contributed by atoms with van der Waals surface area (Å²) in [6.45, 7) is 1.64. The molecule has 0 atom stereocenters. The van der Waals surface area contributed by atoms with Gasteiger partial charge in [0, 0.05) is 38.2 Å². The van der Waals surface area contributed by atoms with Gasteiger partial charge in [-0.05, 0) is 47.7 Å². The lowest BCUT2D eigenvalue weighted by Crippen LogP contribution is -2.36. The summed E-state index contributed by atoms with van der Waals surface area (Å²) in [5.74, 6) is 0.398. The second-order valence-electron chi connectivity index (χ2n) is 7.11. The highest BCUT2D eigenvalue weighted by molar-refractivity contribution is 7.89. The van der Waals surface area contributed by atoms with Gasteiger partial charge in [0.25, 0.3) is 0 Å². The molecule has 4 rings (SSSR count). The van der Waals surface area contributed by atoms with Gasteiger partial charge in [-0.3, -0.25) is 4.98 Å². The Kier molecular flexibility index (Phi) is 5.87. The molecule has 1 fully saturated rings. The predicted molar refractivity (Wildman–Crippen MR) is 114 cm³/mol. The highest BCUT2D eigenvalue weighted by atomic mass is 32.2. The number of nitrogens with one attached hydrogen (secondary N) is 1. The number of hydrogen-bond donors (Lipinski definition) is 1. The van der Waals surface area contributed by atoms with Crippen molar-refractivity contribution in [1.29, 1.82) is 0 Å². The van der Waals surface area contributed by atoms with E-state index in [1.807, 2.05) is 42.6 Å². The van der Waals surface area contributed by atoms with Crippen molar-refractivity contribution in [2.45, 2.75) is 30.7 Å². The van der Waals surface area contributed by atoms with Gasteiger partial charge >= 0.3 is 0 Å². The van der Waals surface area contributed by atoms with Gasteiger partial charge < -0.3 is 5.32 Å². The van der Waals surface area contributed by atoms with Gasteiger partial charge in [0.2, 0.25) is 10.0 Å². The van der Waals surface area contributed by atoms with E-state index < -0.39 is 10.0 Å². The highest BCUT2D eigenvalue weighted by Crippen LogP contribution is 2.26. The van der Waals surface area contributed by atoms with Crippen LogP contribution in [0.4, 0.5) is 5.82 Å². The van der Waals surface area contributed by atoms with Crippen molar-refractivity contribution in [3.8, 4) is 11.1 Å². The largest absolute Gasteiger partial charge is 0.365 e. The Bertz CT molecular complexity index is 1050. The van der Waals surface area contributed by atoms with E-state index in [2.05, 4.69) is 15.3 Å². The topological polar surface area (TPSA) is 75.2 Å². The first-order valence-electron chi connectivity index (χ1n) is 9.83. The first-order chi connectivity index (χ1) is 14.1. The smallest absolute Gasteiger partial charge is 0.246 e. The number of nitrogens with zero attached hydrogens (tertiary/aromatic N) is 3. The lowest BCUT2D eigenvalue weighted by Gasteiger charge is -2.26. The van der Waals surface area contributed by atoms with Crippen molar-refractivity contribution < 1.29 is 8.42 Å². The van der Waals surface area contributed by atoms with Gasteiger partial charge in [-0.1, -0.05) is 36.8 Å². The number of anilines is 1. The van der Waals surface area contributed by atoms with Gasteiger partial charge in [0.15, 0.2) is 0 Å². The zero-order chi connectivity index (χ0) is 20.1. The molecule has 1 aliphatic heterocycles. The number of sulfonamides is 1. The number of hydrogen-bond acceptors (Lipinski definition) is 5. The number of pyridine rings is 2. The molecule has 0 aliphatic carbocycles. The van der Waals surface area contributed by atoms with Crippen LogP contribution in [0.1, 0.15) is 24.8 Å². The molecule has 2 aromatic heterocycles. The van der Waals surface area contributed by atoms with Crippen LogP contribution in [0.25, 0.3) is 11.1 Å². The minimum atomic E-state index is -3.54. The number of rotatable bonds is 6. The van der Waals surface area contributed by atoms with Crippen LogP contribution < -0.4 is 5.32 Å². The Balaban J connectivity index is 1.49. The Morgan fingerprint density at radius 3 is 2.38 bits per heavy atom. The summed E-state index contributed by atoms with van der Waals surface area (Å²) in [4.78, 5) is 8.69. The normalized spacial score (nSPS) is 15.2. The third-order valence-electron chi connectivity index (χ3n) is 5.11. The fraction of sp³-hybridized carbons (Fsp3) is 0.273. The molecule has 29 heavy (non-hydrogen) atoms. The second-order valence-corrected chi connectivity index (χ2v) is 9.01.